The predicted molar refractivity (Wildman–Crippen MR) is 75.5 cm³/mol. The minimum absolute atomic E-state index is 0.0380. The maximum atomic E-state index is 12.0. The Balaban J connectivity index is 2.10. The van der Waals surface area contributed by atoms with Crippen LogP contribution in [-0.2, 0) is 13.8 Å². The number of carbonyl (C=O) groups is 1. The second-order valence-corrected chi connectivity index (χ2v) is 7.30. The fraction of sp³-hybridized carbons (Fsp3) is 0.462. The number of halogens is 1. The van der Waals surface area contributed by atoms with Crippen molar-refractivity contribution in [3.63, 3.8) is 0 Å². The minimum atomic E-state index is -3.85. The first-order valence-electron chi connectivity index (χ1n) is 6.33. The zero-order valence-electron chi connectivity index (χ0n) is 11.1. The van der Waals surface area contributed by atoms with Crippen LogP contribution in [0.3, 0.4) is 0 Å². The van der Waals surface area contributed by atoms with Crippen molar-refractivity contribution in [1.29, 1.82) is 0 Å². The molecule has 0 aliphatic carbocycles. The summed E-state index contributed by atoms with van der Waals surface area (Å²) >= 11 is 0. The van der Waals surface area contributed by atoms with Crippen molar-refractivity contribution < 1.29 is 17.9 Å². The number of nitrogens with one attached hydrogen (secondary N) is 1. The topological polar surface area (TPSA) is 72.5 Å². The summed E-state index contributed by atoms with van der Waals surface area (Å²) < 4.78 is 28.2. The Labute approximate surface area is 122 Å². The van der Waals surface area contributed by atoms with Gasteiger partial charge in [-0.15, -0.1) is 0 Å². The van der Waals surface area contributed by atoms with Crippen molar-refractivity contribution in [2.75, 3.05) is 13.2 Å². The molecule has 1 atom stereocenters. The monoisotopic (exact) mass is 317 g/mol. The van der Waals surface area contributed by atoms with Crippen molar-refractivity contribution in [2.45, 2.75) is 30.8 Å². The molecule has 110 valence electrons. The second kappa shape index (κ2) is 6.11. The van der Waals surface area contributed by atoms with Crippen molar-refractivity contribution >= 4 is 25.6 Å². The summed E-state index contributed by atoms with van der Waals surface area (Å²) in [4.78, 5) is 11.9. The van der Waals surface area contributed by atoms with Crippen LogP contribution in [0.2, 0.25) is 0 Å². The highest BCUT2D eigenvalue weighted by Crippen LogP contribution is 2.21. The summed E-state index contributed by atoms with van der Waals surface area (Å²) in [5, 5.41) is 2.74. The van der Waals surface area contributed by atoms with E-state index in [1.165, 1.54) is 6.07 Å². The third-order valence-corrected chi connectivity index (χ3v) is 4.69. The Morgan fingerprint density at radius 3 is 2.85 bits per heavy atom. The van der Waals surface area contributed by atoms with Crippen LogP contribution in [0.15, 0.2) is 23.1 Å². The molecule has 1 heterocycles. The lowest BCUT2D eigenvalue weighted by atomic mass is 10.1. The summed E-state index contributed by atoms with van der Waals surface area (Å²) in [5.74, 6) is -0.331. The number of rotatable bonds is 4. The summed E-state index contributed by atoms with van der Waals surface area (Å²) in [6, 6.07) is 4.44. The molecule has 1 amide bonds. The number of hydrogen-bond acceptors (Lipinski definition) is 4. The third-order valence-electron chi connectivity index (χ3n) is 3.23. The Kier molecular flexibility index (Phi) is 4.67. The van der Waals surface area contributed by atoms with Crippen LogP contribution in [0.1, 0.15) is 28.8 Å². The van der Waals surface area contributed by atoms with E-state index in [0.717, 1.165) is 19.4 Å². The largest absolute Gasteiger partial charge is 0.376 e. The van der Waals surface area contributed by atoms with Gasteiger partial charge in [0.25, 0.3) is 15.0 Å². The lowest BCUT2D eigenvalue weighted by Gasteiger charge is -2.11. The van der Waals surface area contributed by atoms with Crippen LogP contribution in [0, 0.1) is 6.92 Å². The molecule has 5 nitrogen and oxygen atoms in total. The maximum absolute atomic E-state index is 12.0. The Hall–Kier alpha value is -1.11. The lowest BCUT2D eigenvalue weighted by molar-refractivity contribution is 0.0857. The fourth-order valence-corrected chi connectivity index (χ4v) is 3.34. The molecule has 2 rings (SSSR count). The number of aryl methyl sites for hydroxylation is 1. The van der Waals surface area contributed by atoms with Gasteiger partial charge in [0.1, 0.15) is 0 Å². The molecule has 1 unspecified atom stereocenters. The minimum Gasteiger partial charge on any atom is -0.376 e. The molecular formula is C13H16ClNO4S. The van der Waals surface area contributed by atoms with Gasteiger partial charge in [-0.25, -0.2) is 8.42 Å². The van der Waals surface area contributed by atoms with Gasteiger partial charge in [0.2, 0.25) is 0 Å². The average Bonchev–Trinajstić information content (AvgIpc) is 2.88. The normalized spacial score (nSPS) is 19.0. The molecule has 1 fully saturated rings. The van der Waals surface area contributed by atoms with E-state index in [2.05, 4.69) is 5.32 Å². The van der Waals surface area contributed by atoms with Gasteiger partial charge in [-0.05, 0) is 37.5 Å². The molecule has 1 aliphatic rings. The van der Waals surface area contributed by atoms with Gasteiger partial charge in [-0.3, -0.25) is 4.79 Å². The Morgan fingerprint density at radius 1 is 1.50 bits per heavy atom. The molecule has 0 radical (unpaired) electrons. The highest BCUT2D eigenvalue weighted by Gasteiger charge is 2.19. The standard InChI is InChI=1S/C13H16ClNO4S/c1-9-4-5-10(7-12(9)20(14,17)18)13(16)15-8-11-3-2-6-19-11/h4-5,7,11H,2-3,6,8H2,1H3,(H,15,16). The molecule has 0 bridgehead atoms. The van der Waals surface area contributed by atoms with Crippen molar-refractivity contribution in [3.8, 4) is 0 Å². The maximum Gasteiger partial charge on any atom is 0.261 e. The predicted octanol–water partition coefficient (Wildman–Crippen LogP) is 1.83. The zero-order chi connectivity index (χ0) is 14.8. The van der Waals surface area contributed by atoms with Crippen LogP contribution in [-0.4, -0.2) is 33.6 Å². The quantitative estimate of drug-likeness (QED) is 0.860. The molecule has 20 heavy (non-hydrogen) atoms. The number of hydrogen-bond donors (Lipinski definition) is 1. The number of benzene rings is 1. The van der Waals surface area contributed by atoms with E-state index in [1.807, 2.05) is 0 Å². The molecule has 1 saturated heterocycles. The smallest absolute Gasteiger partial charge is 0.261 e. The number of amides is 1. The molecule has 1 N–H and O–H groups in total. The molecule has 1 aromatic carbocycles. The van der Waals surface area contributed by atoms with Crippen LogP contribution in [0.4, 0.5) is 0 Å². The SMILES string of the molecule is Cc1ccc(C(=O)NCC2CCCO2)cc1S(=O)(=O)Cl. The van der Waals surface area contributed by atoms with E-state index in [9.17, 15) is 13.2 Å². The zero-order valence-corrected chi connectivity index (χ0v) is 12.6. The fourth-order valence-electron chi connectivity index (χ4n) is 2.12. The second-order valence-electron chi connectivity index (χ2n) is 4.76. The molecule has 0 aromatic heterocycles. The van der Waals surface area contributed by atoms with Crippen molar-refractivity contribution in [2.24, 2.45) is 0 Å². The van der Waals surface area contributed by atoms with E-state index >= 15 is 0 Å². The van der Waals surface area contributed by atoms with Gasteiger partial charge >= 0.3 is 0 Å². The number of carbonyl (C=O) groups excluding carboxylic acids is 1. The molecule has 1 aromatic rings. The van der Waals surface area contributed by atoms with E-state index < -0.39 is 9.05 Å². The van der Waals surface area contributed by atoms with Gasteiger partial charge in [0.15, 0.2) is 0 Å². The van der Waals surface area contributed by atoms with Crippen LogP contribution in [0.25, 0.3) is 0 Å². The van der Waals surface area contributed by atoms with E-state index in [1.54, 1.807) is 19.1 Å². The van der Waals surface area contributed by atoms with Crippen molar-refractivity contribution in [1.82, 2.24) is 5.32 Å². The van der Waals surface area contributed by atoms with Gasteiger partial charge < -0.3 is 10.1 Å². The summed E-state index contributed by atoms with van der Waals surface area (Å²) in [6.45, 7) is 2.78. The lowest BCUT2D eigenvalue weighted by Crippen LogP contribution is -2.31. The van der Waals surface area contributed by atoms with E-state index in [-0.39, 0.29) is 22.5 Å². The van der Waals surface area contributed by atoms with E-state index in [0.29, 0.717) is 12.1 Å². The molecule has 7 heteroatoms. The molecule has 1 aliphatic heterocycles. The van der Waals surface area contributed by atoms with Crippen LogP contribution in [0.5, 0.6) is 0 Å². The number of ether oxygens (including phenoxy) is 1. The van der Waals surface area contributed by atoms with E-state index in [4.69, 9.17) is 15.4 Å². The third kappa shape index (κ3) is 3.71. The molecule has 0 saturated carbocycles. The van der Waals surface area contributed by atoms with Gasteiger partial charge in [0, 0.05) is 29.4 Å². The molecular weight excluding hydrogens is 302 g/mol. The first-order chi connectivity index (χ1) is 9.38. The van der Waals surface area contributed by atoms with Gasteiger partial charge in [-0.2, -0.15) is 0 Å². The Morgan fingerprint density at radius 2 is 2.25 bits per heavy atom. The Bertz CT molecular complexity index is 609. The highest BCUT2D eigenvalue weighted by molar-refractivity contribution is 8.13. The summed E-state index contributed by atoms with van der Waals surface area (Å²) in [7, 11) is 1.49. The molecule has 0 spiro atoms. The highest BCUT2D eigenvalue weighted by atomic mass is 35.7. The summed E-state index contributed by atoms with van der Waals surface area (Å²) in [5.41, 5.74) is 0.781. The van der Waals surface area contributed by atoms with Crippen molar-refractivity contribution in [3.05, 3.63) is 29.3 Å². The first kappa shape index (κ1) is 15.3. The van der Waals surface area contributed by atoms with Gasteiger partial charge in [-0.1, -0.05) is 6.07 Å². The summed E-state index contributed by atoms with van der Waals surface area (Å²) in [6.07, 6.45) is 1.97. The first-order valence-corrected chi connectivity index (χ1v) is 8.64. The van der Waals surface area contributed by atoms with Crippen LogP contribution < -0.4 is 5.32 Å². The van der Waals surface area contributed by atoms with Gasteiger partial charge in [0.05, 0.1) is 11.0 Å². The van der Waals surface area contributed by atoms with Crippen LogP contribution >= 0.6 is 10.7 Å². The average molecular weight is 318 g/mol.